The zero-order valence-corrected chi connectivity index (χ0v) is 12.8. The van der Waals surface area contributed by atoms with E-state index in [-0.39, 0.29) is 6.00 Å². The molecule has 1 rings (SSSR count). The van der Waals surface area contributed by atoms with E-state index in [0.29, 0.717) is 25.4 Å². The van der Waals surface area contributed by atoms with Crippen LogP contribution in [0.3, 0.4) is 0 Å². The third-order valence-corrected chi connectivity index (χ3v) is 3.59. The van der Waals surface area contributed by atoms with Crippen molar-refractivity contribution in [3.63, 3.8) is 0 Å². The summed E-state index contributed by atoms with van der Waals surface area (Å²) >= 11 is 4.10. The molecule has 112 valence electrons. The second-order valence-electron chi connectivity index (χ2n) is 4.28. The van der Waals surface area contributed by atoms with Crippen LogP contribution < -0.4 is 0 Å². The van der Waals surface area contributed by atoms with Crippen LogP contribution in [0.15, 0.2) is 0 Å². The molecule has 0 bridgehead atoms. The van der Waals surface area contributed by atoms with Crippen molar-refractivity contribution in [2.75, 3.05) is 26.1 Å². The summed E-state index contributed by atoms with van der Waals surface area (Å²) in [4.78, 5) is 17.9. The minimum atomic E-state index is -4.60. The number of phosphoric ester groups is 1. The topological polar surface area (TPSA) is 94.5 Å². The third-order valence-electron chi connectivity index (χ3n) is 2.81. The highest BCUT2D eigenvalue weighted by molar-refractivity contribution is 7.80. The van der Waals surface area contributed by atoms with E-state index in [0.717, 1.165) is 0 Å². The number of phosphoric acid groups is 1. The standard InChI is InChI=1S/C9H20BO7PS/c1-14-3-4-15-8-7(17-18(11,12)13)6(2-5-19)16-9(8)10/h6-9,19H,2-5,10H2,1H3,(H2,11,12,13)/t6-,7?,8+,9-/m1/s1. The number of hydrogen-bond acceptors (Lipinski definition) is 6. The quantitative estimate of drug-likeness (QED) is 0.233. The van der Waals surface area contributed by atoms with Crippen molar-refractivity contribution in [3.05, 3.63) is 0 Å². The largest absolute Gasteiger partial charge is 0.470 e. The van der Waals surface area contributed by atoms with E-state index in [2.05, 4.69) is 12.6 Å². The Balaban J connectivity index is 2.70. The molecule has 0 amide bonds. The average molecular weight is 314 g/mol. The fraction of sp³-hybridized carbons (Fsp3) is 1.00. The number of rotatable bonds is 8. The number of ether oxygens (including phenoxy) is 3. The van der Waals surface area contributed by atoms with E-state index < -0.39 is 26.1 Å². The maximum absolute atomic E-state index is 11.0. The fourth-order valence-electron chi connectivity index (χ4n) is 2.05. The van der Waals surface area contributed by atoms with Crippen molar-refractivity contribution < 1.29 is 33.1 Å². The molecular weight excluding hydrogens is 294 g/mol. The fourth-order valence-corrected chi connectivity index (χ4v) is 2.88. The van der Waals surface area contributed by atoms with Crippen molar-refractivity contribution >= 4 is 28.3 Å². The van der Waals surface area contributed by atoms with Crippen LogP contribution in [0.1, 0.15) is 6.42 Å². The molecule has 4 atom stereocenters. The van der Waals surface area contributed by atoms with Gasteiger partial charge in [0.15, 0.2) is 0 Å². The van der Waals surface area contributed by atoms with Crippen molar-refractivity contribution in [2.45, 2.75) is 30.7 Å². The van der Waals surface area contributed by atoms with Gasteiger partial charge >= 0.3 is 7.82 Å². The van der Waals surface area contributed by atoms with Crippen LogP contribution in [0.25, 0.3) is 0 Å². The van der Waals surface area contributed by atoms with Crippen LogP contribution in [-0.2, 0) is 23.3 Å². The first kappa shape index (κ1) is 17.5. The van der Waals surface area contributed by atoms with Crippen LogP contribution in [0, 0.1) is 0 Å². The van der Waals surface area contributed by atoms with Crippen molar-refractivity contribution in [2.24, 2.45) is 0 Å². The highest BCUT2D eigenvalue weighted by Crippen LogP contribution is 2.42. The number of methoxy groups -OCH3 is 1. The van der Waals surface area contributed by atoms with Crippen molar-refractivity contribution in [1.82, 2.24) is 0 Å². The molecule has 1 aliphatic heterocycles. The monoisotopic (exact) mass is 314 g/mol. The van der Waals surface area contributed by atoms with Gasteiger partial charge < -0.3 is 24.0 Å². The molecule has 1 heterocycles. The molecule has 0 aromatic carbocycles. The summed E-state index contributed by atoms with van der Waals surface area (Å²) in [5.41, 5.74) is 0. The molecule has 0 aromatic rings. The molecule has 1 unspecified atom stereocenters. The molecule has 0 aliphatic carbocycles. The van der Waals surface area contributed by atoms with Crippen LogP contribution in [0.5, 0.6) is 0 Å². The van der Waals surface area contributed by atoms with Gasteiger partial charge in [0.1, 0.15) is 20.1 Å². The van der Waals surface area contributed by atoms with Crippen molar-refractivity contribution in [3.8, 4) is 0 Å². The van der Waals surface area contributed by atoms with Gasteiger partial charge in [-0.1, -0.05) is 0 Å². The van der Waals surface area contributed by atoms with Crippen molar-refractivity contribution in [1.29, 1.82) is 0 Å². The molecule has 0 saturated carbocycles. The Hall–Kier alpha value is 0.405. The Bertz CT molecular complexity index is 315. The van der Waals surface area contributed by atoms with Gasteiger partial charge in [0, 0.05) is 7.11 Å². The Labute approximate surface area is 119 Å². The van der Waals surface area contributed by atoms with Gasteiger partial charge in [-0.15, -0.1) is 0 Å². The maximum Gasteiger partial charge on any atom is 0.470 e. The molecule has 2 N–H and O–H groups in total. The smallest absolute Gasteiger partial charge is 0.382 e. The second-order valence-corrected chi connectivity index (χ2v) is 5.92. The predicted octanol–water partition coefficient (Wildman–Crippen LogP) is -0.826. The first-order valence-electron chi connectivity index (χ1n) is 6.00. The zero-order chi connectivity index (χ0) is 14.5. The molecular formula is C9H20BO7PS. The lowest BCUT2D eigenvalue weighted by molar-refractivity contribution is -0.0370. The summed E-state index contributed by atoms with van der Waals surface area (Å²) in [6.07, 6.45) is -1.25. The van der Waals surface area contributed by atoms with Gasteiger partial charge in [-0.05, 0) is 12.2 Å². The van der Waals surface area contributed by atoms with Gasteiger partial charge in [0.25, 0.3) is 0 Å². The summed E-state index contributed by atoms with van der Waals surface area (Å²) in [6, 6.07) is -0.307. The van der Waals surface area contributed by atoms with E-state index in [1.54, 1.807) is 15.0 Å². The highest BCUT2D eigenvalue weighted by atomic mass is 32.1. The normalized spacial score (nSPS) is 31.8. The third kappa shape index (κ3) is 5.73. The molecule has 19 heavy (non-hydrogen) atoms. The van der Waals surface area contributed by atoms with Crippen LogP contribution in [-0.4, -0.2) is 68.0 Å². The Morgan fingerprint density at radius 2 is 2.05 bits per heavy atom. The lowest BCUT2D eigenvalue weighted by Gasteiger charge is -2.24. The summed E-state index contributed by atoms with van der Waals surface area (Å²) in [5, 5.41) is 0. The maximum atomic E-state index is 11.0. The van der Waals surface area contributed by atoms with E-state index in [4.69, 9.17) is 28.5 Å². The van der Waals surface area contributed by atoms with E-state index in [1.165, 1.54) is 0 Å². The van der Waals surface area contributed by atoms with Crippen LogP contribution in [0.4, 0.5) is 0 Å². The van der Waals surface area contributed by atoms with Crippen LogP contribution in [0.2, 0.25) is 0 Å². The molecule has 1 fully saturated rings. The SMILES string of the molecule is B[C@@H]1O[C@H](CCS)C(OP(=O)(O)O)[C@@H]1OCCOC. The first-order chi connectivity index (χ1) is 8.89. The van der Waals surface area contributed by atoms with E-state index in [9.17, 15) is 4.57 Å². The zero-order valence-electron chi connectivity index (χ0n) is 11.0. The van der Waals surface area contributed by atoms with E-state index in [1.807, 2.05) is 0 Å². The molecule has 0 aromatic heterocycles. The molecule has 7 nitrogen and oxygen atoms in total. The van der Waals surface area contributed by atoms with Gasteiger partial charge in [-0.3, -0.25) is 4.52 Å². The minimum absolute atomic E-state index is 0.307. The first-order valence-corrected chi connectivity index (χ1v) is 8.16. The average Bonchev–Trinajstić information content (AvgIpc) is 2.56. The second kappa shape index (κ2) is 8.00. The van der Waals surface area contributed by atoms with Gasteiger partial charge in [-0.25, -0.2) is 4.57 Å². The Morgan fingerprint density at radius 1 is 1.37 bits per heavy atom. The lowest BCUT2D eigenvalue weighted by Crippen LogP contribution is -2.38. The summed E-state index contributed by atoms with van der Waals surface area (Å²) in [5.74, 6) is 0.531. The van der Waals surface area contributed by atoms with E-state index >= 15 is 0 Å². The molecule has 0 radical (unpaired) electrons. The molecule has 0 spiro atoms. The summed E-state index contributed by atoms with van der Waals surface area (Å²) in [7, 11) is -1.26. The highest BCUT2D eigenvalue weighted by Gasteiger charge is 2.46. The molecule has 10 heteroatoms. The lowest BCUT2D eigenvalue weighted by atomic mass is 9.92. The predicted molar refractivity (Wildman–Crippen MR) is 74.2 cm³/mol. The number of thiol groups is 1. The van der Waals surface area contributed by atoms with Gasteiger partial charge in [-0.2, -0.15) is 12.6 Å². The number of hydrogen-bond donors (Lipinski definition) is 3. The van der Waals surface area contributed by atoms with Gasteiger partial charge in [0.2, 0.25) is 0 Å². The Morgan fingerprint density at radius 3 is 2.58 bits per heavy atom. The molecule has 1 aliphatic rings. The van der Waals surface area contributed by atoms with Crippen LogP contribution >= 0.6 is 20.5 Å². The van der Waals surface area contributed by atoms with Gasteiger partial charge in [0.05, 0.1) is 25.3 Å². The summed E-state index contributed by atoms with van der Waals surface area (Å²) in [6.45, 7) is 0.701. The summed E-state index contributed by atoms with van der Waals surface area (Å²) < 4.78 is 31.9. The Kier molecular flexibility index (Phi) is 7.35. The minimum Gasteiger partial charge on any atom is -0.382 e. The molecule has 1 saturated heterocycles.